The van der Waals surface area contributed by atoms with Gasteiger partial charge in [-0.1, -0.05) is 0 Å². The van der Waals surface area contributed by atoms with Crippen molar-refractivity contribution in [2.45, 2.75) is 0 Å². The van der Waals surface area contributed by atoms with E-state index in [1.807, 2.05) is 0 Å². The SMILES string of the molecule is COc1ccc(C(=O)COc2cc3oc(=O)ccc3cc2OC)cc1. The van der Waals surface area contributed by atoms with Gasteiger partial charge in [-0.15, -0.1) is 0 Å². The van der Waals surface area contributed by atoms with Gasteiger partial charge < -0.3 is 18.6 Å². The molecule has 1 aromatic heterocycles. The molecule has 6 heteroatoms. The van der Waals surface area contributed by atoms with Gasteiger partial charge in [0.25, 0.3) is 0 Å². The first-order valence-electron chi connectivity index (χ1n) is 7.52. The van der Waals surface area contributed by atoms with E-state index < -0.39 is 5.63 Å². The number of fused-ring (bicyclic) bond motifs is 1. The van der Waals surface area contributed by atoms with Gasteiger partial charge in [-0.3, -0.25) is 4.79 Å². The van der Waals surface area contributed by atoms with E-state index in [4.69, 9.17) is 18.6 Å². The Morgan fingerprint density at radius 1 is 0.960 bits per heavy atom. The van der Waals surface area contributed by atoms with Crippen LogP contribution < -0.4 is 19.8 Å². The van der Waals surface area contributed by atoms with Crippen LogP contribution in [-0.2, 0) is 0 Å². The van der Waals surface area contributed by atoms with Gasteiger partial charge >= 0.3 is 5.63 Å². The lowest BCUT2D eigenvalue weighted by molar-refractivity contribution is 0.0919. The van der Waals surface area contributed by atoms with E-state index in [1.165, 1.54) is 19.2 Å². The van der Waals surface area contributed by atoms with Crippen molar-refractivity contribution >= 4 is 16.8 Å². The zero-order valence-corrected chi connectivity index (χ0v) is 13.8. The third-order valence-corrected chi connectivity index (χ3v) is 3.68. The van der Waals surface area contributed by atoms with Gasteiger partial charge in [0, 0.05) is 23.1 Å². The number of benzene rings is 2. The lowest BCUT2D eigenvalue weighted by atomic mass is 10.1. The Hall–Kier alpha value is -3.28. The van der Waals surface area contributed by atoms with Gasteiger partial charge in [-0.05, 0) is 36.4 Å². The molecule has 25 heavy (non-hydrogen) atoms. The van der Waals surface area contributed by atoms with Gasteiger partial charge in [0.2, 0.25) is 0 Å². The highest BCUT2D eigenvalue weighted by Gasteiger charge is 2.12. The van der Waals surface area contributed by atoms with Crippen molar-refractivity contribution in [2.75, 3.05) is 20.8 Å². The van der Waals surface area contributed by atoms with Crippen molar-refractivity contribution < 1.29 is 23.4 Å². The fourth-order valence-corrected chi connectivity index (χ4v) is 2.35. The summed E-state index contributed by atoms with van der Waals surface area (Å²) in [4.78, 5) is 23.6. The molecular weight excluding hydrogens is 324 g/mol. The van der Waals surface area contributed by atoms with Crippen LogP contribution in [0.25, 0.3) is 11.0 Å². The van der Waals surface area contributed by atoms with Crippen molar-refractivity contribution in [1.29, 1.82) is 0 Å². The van der Waals surface area contributed by atoms with E-state index in [0.29, 0.717) is 33.8 Å². The van der Waals surface area contributed by atoms with E-state index >= 15 is 0 Å². The predicted molar refractivity (Wildman–Crippen MR) is 91.9 cm³/mol. The fourth-order valence-electron chi connectivity index (χ4n) is 2.35. The van der Waals surface area contributed by atoms with Crippen LogP contribution in [0.4, 0.5) is 0 Å². The maximum Gasteiger partial charge on any atom is 0.336 e. The van der Waals surface area contributed by atoms with Crippen molar-refractivity contribution in [1.82, 2.24) is 0 Å². The largest absolute Gasteiger partial charge is 0.497 e. The first-order valence-corrected chi connectivity index (χ1v) is 7.52. The molecule has 3 aromatic rings. The number of rotatable bonds is 6. The minimum atomic E-state index is -0.460. The number of carbonyl (C=O) groups is 1. The van der Waals surface area contributed by atoms with Gasteiger partial charge in [0.1, 0.15) is 11.3 Å². The molecule has 0 spiro atoms. The molecule has 0 saturated heterocycles. The third-order valence-electron chi connectivity index (χ3n) is 3.68. The smallest absolute Gasteiger partial charge is 0.336 e. The molecule has 0 aliphatic rings. The maximum absolute atomic E-state index is 12.3. The molecule has 0 aliphatic heterocycles. The summed E-state index contributed by atoms with van der Waals surface area (Å²) in [6.07, 6.45) is 0. The van der Waals surface area contributed by atoms with E-state index in [0.717, 1.165) is 0 Å². The van der Waals surface area contributed by atoms with Gasteiger partial charge in [0.05, 0.1) is 14.2 Å². The number of methoxy groups -OCH3 is 2. The average Bonchev–Trinajstić information content (AvgIpc) is 2.65. The number of hydrogen-bond donors (Lipinski definition) is 0. The first-order chi connectivity index (χ1) is 12.1. The Balaban J connectivity index is 1.81. The molecule has 1 heterocycles. The van der Waals surface area contributed by atoms with Crippen LogP contribution in [0.3, 0.4) is 0 Å². The Bertz CT molecular complexity index is 956. The topological polar surface area (TPSA) is 75.0 Å². The molecule has 0 amide bonds. The highest BCUT2D eigenvalue weighted by molar-refractivity contribution is 5.97. The van der Waals surface area contributed by atoms with E-state index in [-0.39, 0.29) is 12.4 Å². The van der Waals surface area contributed by atoms with Gasteiger partial charge in [-0.25, -0.2) is 4.79 Å². The van der Waals surface area contributed by atoms with Crippen LogP contribution in [0.15, 0.2) is 57.7 Å². The number of hydrogen-bond acceptors (Lipinski definition) is 6. The zero-order valence-electron chi connectivity index (χ0n) is 13.8. The minimum Gasteiger partial charge on any atom is -0.497 e. The Morgan fingerprint density at radius 3 is 2.40 bits per heavy atom. The average molecular weight is 340 g/mol. The Morgan fingerprint density at radius 2 is 1.72 bits per heavy atom. The summed E-state index contributed by atoms with van der Waals surface area (Å²) >= 11 is 0. The highest BCUT2D eigenvalue weighted by Crippen LogP contribution is 2.32. The maximum atomic E-state index is 12.3. The second-order valence-electron chi connectivity index (χ2n) is 5.24. The lowest BCUT2D eigenvalue weighted by Gasteiger charge is -2.11. The van der Waals surface area contributed by atoms with Gasteiger partial charge in [-0.2, -0.15) is 0 Å². The minimum absolute atomic E-state index is 0.175. The molecule has 0 unspecified atom stereocenters. The molecule has 2 aromatic carbocycles. The summed E-state index contributed by atoms with van der Waals surface area (Å²) in [6, 6.07) is 12.9. The lowest BCUT2D eigenvalue weighted by Crippen LogP contribution is -2.12. The van der Waals surface area contributed by atoms with Crippen LogP contribution >= 0.6 is 0 Å². The van der Waals surface area contributed by atoms with Crippen molar-refractivity contribution in [2.24, 2.45) is 0 Å². The number of ketones is 1. The Labute approximate surface area is 143 Å². The summed E-state index contributed by atoms with van der Waals surface area (Å²) in [5.74, 6) is 1.25. The molecule has 0 radical (unpaired) electrons. The monoisotopic (exact) mass is 340 g/mol. The highest BCUT2D eigenvalue weighted by atomic mass is 16.5. The summed E-state index contributed by atoms with van der Waals surface area (Å²) in [5, 5.41) is 0.699. The number of Topliss-reactive ketones (excluding diaryl/α,β-unsaturated/α-hetero) is 1. The molecular formula is C19H16O6. The number of ether oxygens (including phenoxy) is 3. The molecule has 0 fully saturated rings. The second-order valence-corrected chi connectivity index (χ2v) is 5.24. The van der Waals surface area contributed by atoms with Crippen molar-refractivity contribution in [3.63, 3.8) is 0 Å². The van der Waals surface area contributed by atoms with Crippen molar-refractivity contribution in [3.8, 4) is 17.2 Å². The first kappa shape index (κ1) is 16.6. The third kappa shape index (κ3) is 3.63. The molecule has 0 bridgehead atoms. The van der Waals surface area contributed by atoms with Crippen molar-refractivity contribution in [3.05, 3.63) is 64.5 Å². The number of carbonyl (C=O) groups excluding carboxylic acids is 1. The summed E-state index contributed by atoms with van der Waals surface area (Å²) in [6.45, 7) is -0.175. The standard InChI is InChI=1S/C19H16O6/c1-22-14-6-3-12(4-7-14)15(20)11-24-18-10-16-13(9-17(18)23-2)5-8-19(21)25-16/h3-10H,11H2,1-2H3. The van der Waals surface area contributed by atoms with Crippen LogP contribution in [-0.4, -0.2) is 26.6 Å². The zero-order chi connectivity index (χ0) is 17.8. The van der Waals surface area contributed by atoms with Crippen LogP contribution in [0.1, 0.15) is 10.4 Å². The fraction of sp³-hybridized carbons (Fsp3) is 0.158. The van der Waals surface area contributed by atoms with Crippen LogP contribution in [0.5, 0.6) is 17.2 Å². The Kier molecular flexibility index (Phi) is 4.70. The second kappa shape index (κ2) is 7.09. The van der Waals surface area contributed by atoms with E-state index in [2.05, 4.69) is 0 Å². The molecule has 3 rings (SSSR count). The summed E-state index contributed by atoms with van der Waals surface area (Å²) in [7, 11) is 3.06. The molecule has 6 nitrogen and oxygen atoms in total. The normalized spacial score (nSPS) is 10.5. The van der Waals surface area contributed by atoms with E-state index in [1.54, 1.807) is 43.5 Å². The van der Waals surface area contributed by atoms with E-state index in [9.17, 15) is 9.59 Å². The molecule has 0 aliphatic carbocycles. The molecule has 0 N–H and O–H groups in total. The van der Waals surface area contributed by atoms with Crippen LogP contribution in [0, 0.1) is 0 Å². The molecule has 0 atom stereocenters. The predicted octanol–water partition coefficient (Wildman–Crippen LogP) is 3.07. The van der Waals surface area contributed by atoms with Gasteiger partial charge in [0.15, 0.2) is 23.9 Å². The molecule has 0 saturated carbocycles. The van der Waals surface area contributed by atoms with Crippen LogP contribution in [0.2, 0.25) is 0 Å². The summed E-state index contributed by atoms with van der Waals surface area (Å²) in [5.41, 5.74) is 0.408. The quantitative estimate of drug-likeness (QED) is 0.507. The summed E-state index contributed by atoms with van der Waals surface area (Å²) < 4.78 is 21.1. The molecule has 128 valence electrons.